The highest BCUT2D eigenvalue weighted by molar-refractivity contribution is 7.95. The molecule has 0 fully saturated rings. The van der Waals surface area contributed by atoms with E-state index in [2.05, 4.69) is 24.8 Å². The average Bonchev–Trinajstić information content (AvgIpc) is 2.37. The van der Waals surface area contributed by atoms with Crippen molar-refractivity contribution >= 4 is 32.7 Å². The Morgan fingerprint density at radius 2 is 2.00 bits per heavy atom. The maximum Gasteiger partial charge on any atom is 0.411 e. The van der Waals surface area contributed by atoms with Gasteiger partial charge >= 0.3 is 6.09 Å². The molecule has 0 aliphatic rings. The van der Waals surface area contributed by atoms with Crippen molar-refractivity contribution in [3.8, 4) is 0 Å². The van der Waals surface area contributed by atoms with Crippen molar-refractivity contribution in [3.05, 3.63) is 24.3 Å². The second-order valence-corrected chi connectivity index (χ2v) is 9.18. The fourth-order valence-corrected chi connectivity index (χ4v) is 3.97. The first-order chi connectivity index (χ1) is 10.2. The lowest BCUT2D eigenvalue weighted by atomic mass is 10.1. The number of carbonyl (C=O) groups excluding carboxylic acids is 1. The fourth-order valence-electron chi connectivity index (χ4n) is 1.97. The van der Waals surface area contributed by atoms with Gasteiger partial charge in [0.05, 0.1) is 24.8 Å². The van der Waals surface area contributed by atoms with Gasteiger partial charge in [-0.25, -0.2) is 18.4 Å². The molecule has 1 atom stereocenters. The maximum atomic E-state index is 11.7. The lowest BCUT2D eigenvalue weighted by Gasteiger charge is -2.12. The third-order valence-electron chi connectivity index (χ3n) is 2.89. The molecule has 0 aliphatic carbocycles. The standard InChI is InChI=1S/C14H22N2O4S2/c1-11(10-21(2)3)8-9-20-14(17)16-12-6-4-5-7-13(12)22(15,18)19/h4-7,11H,8-10H2,1-3H3,(H2-,15,16,17,18,19)/p+1/t11-/m1/s1. The first-order valence-corrected chi connectivity index (χ1v) is 10.6. The molecule has 124 valence electrons. The Balaban J connectivity index is 2.53. The van der Waals surface area contributed by atoms with Gasteiger partial charge in [0.15, 0.2) is 0 Å². The van der Waals surface area contributed by atoms with Gasteiger partial charge in [-0.3, -0.25) is 5.32 Å². The van der Waals surface area contributed by atoms with Gasteiger partial charge in [0.1, 0.15) is 10.6 Å². The summed E-state index contributed by atoms with van der Waals surface area (Å²) >= 11 is 0. The van der Waals surface area contributed by atoms with Crippen LogP contribution in [0.2, 0.25) is 0 Å². The number of sulfonamides is 1. The number of benzene rings is 1. The van der Waals surface area contributed by atoms with Crippen LogP contribution in [-0.2, 0) is 25.7 Å². The Bertz CT molecular complexity index is 603. The second kappa shape index (κ2) is 8.40. The van der Waals surface area contributed by atoms with E-state index in [4.69, 9.17) is 9.88 Å². The predicted octanol–water partition coefficient (Wildman–Crippen LogP) is 1.79. The zero-order chi connectivity index (χ0) is 16.8. The number of nitrogens with one attached hydrogen (secondary N) is 1. The molecule has 1 aromatic rings. The van der Waals surface area contributed by atoms with Gasteiger partial charge in [-0.05, 0) is 29.4 Å². The average molecular weight is 347 g/mol. The molecule has 0 saturated heterocycles. The zero-order valence-corrected chi connectivity index (χ0v) is 14.7. The van der Waals surface area contributed by atoms with E-state index in [9.17, 15) is 13.2 Å². The Kier molecular flexibility index (Phi) is 7.18. The number of hydrogen-bond donors (Lipinski definition) is 2. The predicted molar refractivity (Wildman–Crippen MR) is 90.6 cm³/mol. The normalized spacial score (nSPS) is 13.0. The van der Waals surface area contributed by atoms with Crippen molar-refractivity contribution in [3.63, 3.8) is 0 Å². The number of carbonyl (C=O) groups is 1. The molecule has 3 N–H and O–H groups in total. The van der Waals surface area contributed by atoms with Crippen LogP contribution in [-0.4, -0.2) is 39.4 Å². The van der Waals surface area contributed by atoms with E-state index < -0.39 is 16.1 Å². The summed E-state index contributed by atoms with van der Waals surface area (Å²) in [6, 6.07) is 5.93. The molecule has 1 amide bonds. The molecule has 0 aliphatic heterocycles. The number of ether oxygens (including phenoxy) is 1. The quantitative estimate of drug-likeness (QED) is 0.735. The lowest BCUT2D eigenvalue weighted by Crippen LogP contribution is -2.20. The van der Waals surface area contributed by atoms with Crippen LogP contribution in [0.25, 0.3) is 0 Å². The molecule has 0 saturated carbocycles. The van der Waals surface area contributed by atoms with E-state index in [-0.39, 0.29) is 10.6 Å². The van der Waals surface area contributed by atoms with Crippen molar-refractivity contribution in [1.82, 2.24) is 0 Å². The smallest absolute Gasteiger partial charge is 0.411 e. The molecule has 1 aromatic carbocycles. The van der Waals surface area contributed by atoms with Gasteiger partial charge in [0.2, 0.25) is 10.0 Å². The molecule has 6 nitrogen and oxygen atoms in total. The number of para-hydroxylation sites is 1. The largest absolute Gasteiger partial charge is 0.449 e. The van der Waals surface area contributed by atoms with E-state index in [0.717, 1.165) is 12.2 Å². The number of amides is 1. The van der Waals surface area contributed by atoms with Crippen molar-refractivity contribution in [2.45, 2.75) is 18.2 Å². The number of hydrogen-bond acceptors (Lipinski definition) is 4. The summed E-state index contributed by atoms with van der Waals surface area (Å²) < 4.78 is 27.9. The van der Waals surface area contributed by atoms with Crippen LogP contribution in [0.1, 0.15) is 13.3 Å². The van der Waals surface area contributed by atoms with Crippen LogP contribution < -0.4 is 10.5 Å². The van der Waals surface area contributed by atoms with E-state index in [1.165, 1.54) is 18.2 Å². The third-order valence-corrected chi connectivity index (χ3v) is 5.10. The minimum Gasteiger partial charge on any atom is -0.449 e. The van der Waals surface area contributed by atoms with Gasteiger partial charge < -0.3 is 4.74 Å². The molecule has 0 aromatic heterocycles. The Morgan fingerprint density at radius 3 is 2.59 bits per heavy atom. The van der Waals surface area contributed by atoms with Crippen LogP contribution in [0.15, 0.2) is 29.2 Å². The molecule has 0 radical (unpaired) electrons. The highest BCUT2D eigenvalue weighted by atomic mass is 32.2. The minimum atomic E-state index is -3.90. The van der Waals surface area contributed by atoms with Crippen molar-refractivity contribution in [2.75, 3.05) is 30.2 Å². The summed E-state index contributed by atoms with van der Waals surface area (Å²) in [6.45, 7) is 2.41. The van der Waals surface area contributed by atoms with Gasteiger partial charge in [-0.15, -0.1) is 0 Å². The number of primary sulfonamides is 1. The third kappa shape index (κ3) is 6.67. The molecule has 0 bridgehead atoms. The van der Waals surface area contributed by atoms with E-state index in [0.29, 0.717) is 23.4 Å². The van der Waals surface area contributed by atoms with E-state index in [1.807, 2.05) is 0 Å². The summed E-state index contributed by atoms with van der Waals surface area (Å²) in [5.74, 6) is 1.57. The van der Waals surface area contributed by atoms with Crippen LogP contribution in [0, 0.1) is 5.92 Å². The SMILES string of the molecule is C[C@H](CCOC(=O)Nc1ccccc1S(N)(=O)=O)C[S+](C)C. The first kappa shape index (κ1) is 18.8. The summed E-state index contributed by atoms with van der Waals surface area (Å²) in [7, 11) is -3.54. The molecule has 1 rings (SSSR count). The highest BCUT2D eigenvalue weighted by Gasteiger charge is 2.16. The second-order valence-electron chi connectivity index (χ2n) is 5.35. The van der Waals surface area contributed by atoms with Crippen molar-refractivity contribution in [2.24, 2.45) is 11.1 Å². The summed E-state index contributed by atoms with van der Waals surface area (Å²) in [5.41, 5.74) is 0.117. The number of nitrogens with two attached hydrogens (primary N) is 1. The minimum absolute atomic E-state index is 0.117. The van der Waals surface area contributed by atoms with Crippen LogP contribution in [0.4, 0.5) is 10.5 Å². The highest BCUT2D eigenvalue weighted by Crippen LogP contribution is 2.19. The fraction of sp³-hybridized carbons (Fsp3) is 0.500. The Labute approximate surface area is 134 Å². The summed E-state index contributed by atoms with van der Waals surface area (Å²) in [4.78, 5) is 11.6. The van der Waals surface area contributed by atoms with Gasteiger partial charge in [-0.1, -0.05) is 19.1 Å². The van der Waals surface area contributed by atoms with Gasteiger partial charge in [0, 0.05) is 5.92 Å². The Morgan fingerprint density at radius 1 is 1.36 bits per heavy atom. The Hall–Kier alpha value is -1.25. The first-order valence-electron chi connectivity index (χ1n) is 6.80. The van der Waals surface area contributed by atoms with Crippen LogP contribution >= 0.6 is 0 Å². The summed E-state index contributed by atoms with van der Waals surface area (Å²) in [6.07, 6.45) is 4.44. The monoisotopic (exact) mass is 347 g/mol. The number of anilines is 1. The topological polar surface area (TPSA) is 98.5 Å². The van der Waals surface area contributed by atoms with Crippen LogP contribution in [0.3, 0.4) is 0 Å². The maximum absolute atomic E-state index is 11.7. The molecule has 8 heteroatoms. The van der Waals surface area contributed by atoms with Gasteiger partial charge in [0.25, 0.3) is 0 Å². The number of rotatable bonds is 7. The molecule has 22 heavy (non-hydrogen) atoms. The molecule has 0 unspecified atom stereocenters. The van der Waals surface area contributed by atoms with Crippen molar-refractivity contribution in [1.29, 1.82) is 0 Å². The van der Waals surface area contributed by atoms with E-state index in [1.54, 1.807) is 6.07 Å². The van der Waals surface area contributed by atoms with Crippen molar-refractivity contribution < 1.29 is 17.9 Å². The molecular weight excluding hydrogens is 324 g/mol. The molecule has 0 spiro atoms. The van der Waals surface area contributed by atoms with Gasteiger partial charge in [-0.2, -0.15) is 0 Å². The van der Waals surface area contributed by atoms with E-state index >= 15 is 0 Å². The van der Waals surface area contributed by atoms with Crippen LogP contribution in [0.5, 0.6) is 0 Å². The zero-order valence-electron chi connectivity index (χ0n) is 13.0. The lowest BCUT2D eigenvalue weighted by molar-refractivity contribution is 0.155. The summed E-state index contributed by atoms with van der Waals surface area (Å²) in [5, 5.41) is 7.51. The molecular formula is C14H23N2O4S2+. The molecule has 0 heterocycles.